The molecule has 1 amide bonds. The summed E-state index contributed by atoms with van der Waals surface area (Å²) < 4.78 is 1.78. The summed E-state index contributed by atoms with van der Waals surface area (Å²) in [6.45, 7) is 4.14. The Hall–Kier alpha value is -2.96. The summed E-state index contributed by atoms with van der Waals surface area (Å²) in [5, 5.41) is 9.41. The SMILES string of the molecule is CCc1n[nH]c(=O)c(CNC(=O)c2ccc3nccn3c2)c1CC. The van der Waals surface area contributed by atoms with Gasteiger partial charge in [0.1, 0.15) is 5.65 Å². The Kier molecular flexibility index (Phi) is 4.41. The number of imidazole rings is 1. The van der Waals surface area contributed by atoms with Gasteiger partial charge < -0.3 is 9.72 Å². The van der Waals surface area contributed by atoms with Gasteiger partial charge in [0, 0.05) is 30.7 Å². The Morgan fingerprint density at radius 1 is 1.25 bits per heavy atom. The van der Waals surface area contributed by atoms with Crippen molar-refractivity contribution in [3.63, 3.8) is 0 Å². The van der Waals surface area contributed by atoms with E-state index in [0.717, 1.165) is 23.3 Å². The van der Waals surface area contributed by atoms with Gasteiger partial charge in [0.05, 0.1) is 11.3 Å². The summed E-state index contributed by atoms with van der Waals surface area (Å²) in [5.41, 5.74) is 3.38. The van der Waals surface area contributed by atoms with Crippen LogP contribution < -0.4 is 10.9 Å². The first-order valence-electron chi connectivity index (χ1n) is 7.94. The largest absolute Gasteiger partial charge is 0.348 e. The first kappa shape index (κ1) is 15.9. The van der Waals surface area contributed by atoms with Crippen LogP contribution in [0.15, 0.2) is 35.5 Å². The summed E-state index contributed by atoms with van der Waals surface area (Å²) >= 11 is 0. The number of nitrogens with zero attached hydrogens (tertiary/aromatic N) is 3. The van der Waals surface area contributed by atoms with Gasteiger partial charge in [-0.15, -0.1) is 0 Å². The monoisotopic (exact) mass is 325 g/mol. The van der Waals surface area contributed by atoms with Gasteiger partial charge in [-0.25, -0.2) is 10.1 Å². The van der Waals surface area contributed by atoms with Gasteiger partial charge in [0.2, 0.25) is 0 Å². The van der Waals surface area contributed by atoms with Crippen molar-refractivity contribution in [2.45, 2.75) is 33.2 Å². The molecule has 3 aromatic heterocycles. The van der Waals surface area contributed by atoms with Crippen LogP contribution in [0.1, 0.15) is 41.0 Å². The number of amides is 1. The van der Waals surface area contributed by atoms with Crippen LogP contribution in [0, 0.1) is 0 Å². The van der Waals surface area contributed by atoms with E-state index < -0.39 is 0 Å². The maximum atomic E-state index is 12.4. The van der Waals surface area contributed by atoms with Crippen molar-refractivity contribution in [1.29, 1.82) is 0 Å². The number of pyridine rings is 1. The molecule has 7 nitrogen and oxygen atoms in total. The maximum absolute atomic E-state index is 12.4. The number of fused-ring (bicyclic) bond motifs is 1. The second-order valence-electron chi connectivity index (χ2n) is 5.46. The van der Waals surface area contributed by atoms with Crippen molar-refractivity contribution in [2.75, 3.05) is 0 Å². The van der Waals surface area contributed by atoms with Gasteiger partial charge in [-0.3, -0.25) is 9.59 Å². The summed E-state index contributed by atoms with van der Waals surface area (Å²) in [7, 11) is 0. The highest BCUT2D eigenvalue weighted by Crippen LogP contribution is 2.10. The predicted octanol–water partition coefficient (Wildman–Crippen LogP) is 1.47. The van der Waals surface area contributed by atoms with Crippen molar-refractivity contribution in [3.05, 3.63) is 63.5 Å². The molecule has 0 unspecified atom stereocenters. The lowest BCUT2D eigenvalue weighted by atomic mass is 10.0. The number of H-pyrrole nitrogens is 1. The molecule has 0 aromatic carbocycles. The number of aryl methyl sites for hydroxylation is 1. The molecule has 3 heterocycles. The van der Waals surface area contributed by atoms with Crippen LogP contribution >= 0.6 is 0 Å². The number of carbonyl (C=O) groups excluding carboxylic acids is 1. The molecule has 0 bridgehead atoms. The third kappa shape index (κ3) is 2.92. The Balaban J connectivity index is 1.82. The molecule has 3 rings (SSSR count). The minimum atomic E-state index is -0.255. The summed E-state index contributed by atoms with van der Waals surface area (Å²) in [4.78, 5) is 28.6. The standard InChI is InChI=1S/C17H19N5O2/c1-3-12-13(17(24)21-20-14(12)4-2)9-19-16(23)11-5-6-15-18-7-8-22(15)10-11/h5-8,10H,3-4,9H2,1-2H3,(H,19,23)(H,21,24). The number of nitrogens with one attached hydrogen (secondary N) is 2. The molecule has 0 saturated carbocycles. The lowest BCUT2D eigenvalue weighted by molar-refractivity contribution is 0.0950. The Bertz CT molecular complexity index is 942. The quantitative estimate of drug-likeness (QED) is 0.743. The number of hydrogen-bond donors (Lipinski definition) is 2. The topological polar surface area (TPSA) is 92.1 Å². The normalized spacial score (nSPS) is 10.9. The molecule has 7 heteroatoms. The van der Waals surface area contributed by atoms with E-state index in [2.05, 4.69) is 20.5 Å². The fourth-order valence-electron chi connectivity index (χ4n) is 2.79. The number of carbonyl (C=O) groups is 1. The molecule has 124 valence electrons. The van der Waals surface area contributed by atoms with E-state index in [1.165, 1.54) is 0 Å². The smallest absolute Gasteiger partial charge is 0.269 e. The second-order valence-corrected chi connectivity index (χ2v) is 5.46. The summed E-state index contributed by atoms with van der Waals surface area (Å²) in [6, 6.07) is 3.49. The van der Waals surface area contributed by atoms with Crippen molar-refractivity contribution in [2.24, 2.45) is 0 Å². The van der Waals surface area contributed by atoms with Crippen molar-refractivity contribution >= 4 is 11.6 Å². The fourth-order valence-corrected chi connectivity index (χ4v) is 2.79. The molecule has 0 aliphatic heterocycles. The number of rotatable bonds is 5. The lowest BCUT2D eigenvalue weighted by Crippen LogP contribution is -2.29. The van der Waals surface area contributed by atoms with Crippen molar-refractivity contribution in [1.82, 2.24) is 24.9 Å². The average Bonchev–Trinajstić information content (AvgIpc) is 3.07. The van der Waals surface area contributed by atoms with E-state index in [9.17, 15) is 9.59 Å². The fraction of sp³-hybridized carbons (Fsp3) is 0.294. The molecule has 0 spiro atoms. The first-order chi connectivity index (χ1) is 11.6. The van der Waals surface area contributed by atoms with Crippen LogP contribution in [-0.4, -0.2) is 25.5 Å². The maximum Gasteiger partial charge on any atom is 0.269 e. The van der Waals surface area contributed by atoms with Crippen LogP contribution in [0.5, 0.6) is 0 Å². The first-order valence-corrected chi connectivity index (χ1v) is 7.94. The van der Waals surface area contributed by atoms with Crippen LogP contribution in [0.25, 0.3) is 5.65 Å². The van der Waals surface area contributed by atoms with Crippen LogP contribution in [0.4, 0.5) is 0 Å². The Morgan fingerprint density at radius 2 is 2.08 bits per heavy atom. The highest BCUT2D eigenvalue weighted by atomic mass is 16.2. The molecule has 3 aromatic rings. The average molecular weight is 325 g/mol. The molecule has 0 atom stereocenters. The Morgan fingerprint density at radius 3 is 2.83 bits per heavy atom. The highest BCUT2D eigenvalue weighted by Gasteiger charge is 2.14. The van der Waals surface area contributed by atoms with E-state index >= 15 is 0 Å². The molecule has 0 aliphatic rings. The number of hydrogen-bond acceptors (Lipinski definition) is 4. The van der Waals surface area contributed by atoms with Crippen molar-refractivity contribution in [3.8, 4) is 0 Å². The number of aromatic nitrogens is 4. The molecule has 24 heavy (non-hydrogen) atoms. The third-order valence-corrected chi connectivity index (χ3v) is 4.04. The highest BCUT2D eigenvalue weighted by molar-refractivity contribution is 5.94. The molecule has 0 radical (unpaired) electrons. The van der Waals surface area contributed by atoms with E-state index in [4.69, 9.17) is 0 Å². The predicted molar refractivity (Wildman–Crippen MR) is 90.0 cm³/mol. The van der Waals surface area contributed by atoms with Gasteiger partial charge in [-0.05, 0) is 30.5 Å². The van der Waals surface area contributed by atoms with Crippen LogP contribution in [-0.2, 0) is 19.4 Å². The van der Waals surface area contributed by atoms with Crippen LogP contribution in [0.3, 0.4) is 0 Å². The zero-order valence-corrected chi connectivity index (χ0v) is 13.7. The minimum absolute atomic E-state index is 0.175. The van der Waals surface area contributed by atoms with Gasteiger partial charge in [-0.2, -0.15) is 5.10 Å². The minimum Gasteiger partial charge on any atom is -0.348 e. The molecular formula is C17H19N5O2. The number of aromatic amines is 1. The summed E-state index contributed by atoms with van der Waals surface area (Å²) in [5.74, 6) is -0.234. The molecule has 0 fully saturated rings. The van der Waals surface area contributed by atoms with E-state index in [1.807, 2.05) is 13.8 Å². The summed E-state index contributed by atoms with van der Waals surface area (Å²) in [6.07, 6.45) is 6.60. The van der Waals surface area contributed by atoms with Gasteiger partial charge in [0.25, 0.3) is 11.5 Å². The van der Waals surface area contributed by atoms with Gasteiger partial charge in [-0.1, -0.05) is 13.8 Å². The Labute approximate surface area is 138 Å². The molecule has 0 aliphatic carbocycles. The second kappa shape index (κ2) is 6.66. The van der Waals surface area contributed by atoms with Gasteiger partial charge in [0.15, 0.2) is 0 Å². The van der Waals surface area contributed by atoms with E-state index in [-0.39, 0.29) is 18.0 Å². The third-order valence-electron chi connectivity index (χ3n) is 4.04. The van der Waals surface area contributed by atoms with E-state index in [0.29, 0.717) is 17.5 Å². The lowest BCUT2D eigenvalue weighted by Gasteiger charge is -2.11. The zero-order valence-electron chi connectivity index (χ0n) is 13.7. The van der Waals surface area contributed by atoms with Crippen molar-refractivity contribution < 1.29 is 4.79 Å². The molecule has 0 saturated heterocycles. The molecule has 2 N–H and O–H groups in total. The van der Waals surface area contributed by atoms with E-state index in [1.54, 1.807) is 35.1 Å². The van der Waals surface area contributed by atoms with Crippen LogP contribution in [0.2, 0.25) is 0 Å². The zero-order chi connectivity index (χ0) is 17.1. The van der Waals surface area contributed by atoms with Gasteiger partial charge >= 0.3 is 0 Å². The molecular weight excluding hydrogens is 306 g/mol.